The van der Waals surface area contributed by atoms with Crippen molar-refractivity contribution in [3.8, 4) is 5.75 Å². The van der Waals surface area contributed by atoms with Crippen molar-refractivity contribution in [3.63, 3.8) is 0 Å². The summed E-state index contributed by atoms with van der Waals surface area (Å²) in [6.07, 6.45) is -0.916. The van der Waals surface area contributed by atoms with Gasteiger partial charge in [0.15, 0.2) is 0 Å². The number of hydrogen-bond donors (Lipinski definition) is 3. The van der Waals surface area contributed by atoms with Crippen LogP contribution in [0.15, 0.2) is 16.6 Å². The minimum Gasteiger partial charge on any atom is -0.508 e. The first-order valence-corrected chi connectivity index (χ1v) is 5.22. The SMILES string of the molecule is CC(N)C(O)c1cc(Cl)c(Br)cc1O. The number of aliphatic hydroxyl groups is 1. The molecule has 78 valence electrons. The van der Waals surface area contributed by atoms with Crippen molar-refractivity contribution in [2.24, 2.45) is 5.73 Å². The monoisotopic (exact) mass is 279 g/mol. The zero-order chi connectivity index (χ0) is 10.9. The van der Waals surface area contributed by atoms with Crippen LogP contribution in [0.1, 0.15) is 18.6 Å². The van der Waals surface area contributed by atoms with E-state index in [0.29, 0.717) is 15.1 Å². The molecule has 5 heteroatoms. The van der Waals surface area contributed by atoms with Crippen LogP contribution < -0.4 is 5.73 Å². The van der Waals surface area contributed by atoms with Gasteiger partial charge in [0.1, 0.15) is 5.75 Å². The maximum Gasteiger partial charge on any atom is 0.122 e. The lowest BCUT2D eigenvalue weighted by atomic mass is 10.0. The molecule has 0 bridgehead atoms. The smallest absolute Gasteiger partial charge is 0.122 e. The van der Waals surface area contributed by atoms with Crippen LogP contribution in [0.3, 0.4) is 0 Å². The van der Waals surface area contributed by atoms with Gasteiger partial charge >= 0.3 is 0 Å². The zero-order valence-electron chi connectivity index (χ0n) is 7.54. The molecular weight excluding hydrogens is 269 g/mol. The molecule has 14 heavy (non-hydrogen) atoms. The fourth-order valence-corrected chi connectivity index (χ4v) is 1.58. The molecule has 0 spiro atoms. The maximum absolute atomic E-state index is 9.63. The number of benzene rings is 1. The molecular formula is C9H11BrClNO2. The highest BCUT2D eigenvalue weighted by Gasteiger charge is 2.17. The molecule has 1 aromatic rings. The molecule has 0 heterocycles. The summed E-state index contributed by atoms with van der Waals surface area (Å²) in [5.74, 6) is -0.0222. The second-order valence-electron chi connectivity index (χ2n) is 3.13. The van der Waals surface area contributed by atoms with Crippen molar-refractivity contribution in [2.45, 2.75) is 19.1 Å². The summed E-state index contributed by atoms with van der Waals surface area (Å²) in [6, 6.07) is 2.47. The highest BCUT2D eigenvalue weighted by molar-refractivity contribution is 9.10. The number of hydrogen-bond acceptors (Lipinski definition) is 3. The average molecular weight is 281 g/mol. The Bertz CT molecular complexity index is 344. The second kappa shape index (κ2) is 4.49. The third-order valence-electron chi connectivity index (χ3n) is 1.89. The molecule has 0 aliphatic heterocycles. The van der Waals surface area contributed by atoms with E-state index in [1.807, 2.05) is 0 Å². The summed E-state index contributed by atoms with van der Waals surface area (Å²) in [5.41, 5.74) is 5.85. The molecule has 3 nitrogen and oxygen atoms in total. The predicted octanol–water partition coefficient (Wildman–Crippen LogP) is 2.19. The van der Waals surface area contributed by atoms with Crippen molar-refractivity contribution in [2.75, 3.05) is 0 Å². The van der Waals surface area contributed by atoms with E-state index in [1.165, 1.54) is 12.1 Å². The van der Waals surface area contributed by atoms with Crippen LogP contribution in [0.5, 0.6) is 5.75 Å². The molecule has 2 unspecified atom stereocenters. The van der Waals surface area contributed by atoms with E-state index < -0.39 is 12.1 Å². The first-order chi connectivity index (χ1) is 6.43. The van der Waals surface area contributed by atoms with Crippen LogP contribution in [0.4, 0.5) is 0 Å². The lowest BCUT2D eigenvalue weighted by Gasteiger charge is -2.16. The van der Waals surface area contributed by atoms with Crippen molar-refractivity contribution in [1.29, 1.82) is 0 Å². The number of phenolic OH excluding ortho intramolecular Hbond substituents is 1. The Hall–Kier alpha value is -0.290. The van der Waals surface area contributed by atoms with Gasteiger partial charge in [0, 0.05) is 16.1 Å². The Morgan fingerprint density at radius 3 is 2.57 bits per heavy atom. The van der Waals surface area contributed by atoms with Gasteiger partial charge in [0.05, 0.1) is 11.1 Å². The summed E-state index contributed by atoms with van der Waals surface area (Å²) in [6.45, 7) is 1.65. The summed E-state index contributed by atoms with van der Waals surface area (Å²) >= 11 is 8.99. The molecule has 1 rings (SSSR count). The first kappa shape index (κ1) is 11.8. The Labute approximate surface area is 95.6 Å². The largest absolute Gasteiger partial charge is 0.508 e. The maximum atomic E-state index is 9.63. The molecule has 0 aliphatic carbocycles. The van der Waals surface area contributed by atoms with E-state index in [-0.39, 0.29) is 5.75 Å². The van der Waals surface area contributed by atoms with E-state index >= 15 is 0 Å². The highest BCUT2D eigenvalue weighted by Crippen LogP contribution is 2.34. The molecule has 0 radical (unpaired) electrons. The fourth-order valence-electron chi connectivity index (χ4n) is 1.07. The lowest BCUT2D eigenvalue weighted by Crippen LogP contribution is -2.24. The minimum atomic E-state index is -0.916. The molecule has 0 fully saturated rings. The molecule has 0 saturated heterocycles. The number of phenols is 1. The quantitative estimate of drug-likeness (QED) is 0.778. The van der Waals surface area contributed by atoms with Gasteiger partial charge in [0.25, 0.3) is 0 Å². The average Bonchev–Trinajstić information content (AvgIpc) is 2.10. The van der Waals surface area contributed by atoms with Gasteiger partial charge in [-0.1, -0.05) is 11.6 Å². The molecule has 0 aromatic heterocycles. The van der Waals surface area contributed by atoms with Gasteiger partial charge in [0.2, 0.25) is 0 Å². The zero-order valence-corrected chi connectivity index (χ0v) is 9.88. The number of halogens is 2. The number of rotatable bonds is 2. The predicted molar refractivity (Wildman–Crippen MR) is 59.4 cm³/mol. The Morgan fingerprint density at radius 2 is 2.07 bits per heavy atom. The highest BCUT2D eigenvalue weighted by atomic mass is 79.9. The first-order valence-electron chi connectivity index (χ1n) is 4.05. The molecule has 2 atom stereocenters. The van der Waals surface area contributed by atoms with Crippen LogP contribution in [-0.2, 0) is 0 Å². The van der Waals surface area contributed by atoms with Crippen LogP contribution in [0.25, 0.3) is 0 Å². The van der Waals surface area contributed by atoms with Gasteiger partial charge < -0.3 is 15.9 Å². The summed E-state index contributed by atoms with van der Waals surface area (Å²) < 4.78 is 0.581. The van der Waals surface area contributed by atoms with Crippen LogP contribution in [0.2, 0.25) is 5.02 Å². The van der Waals surface area contributed by atoms with Gasteiger partial charge in [-0.3, -0.25) is 0 Å². The number of nitrogens with two attached hydrogens (primary N) is 1. The van der Waals surface area contributed by atoms with E-state index in [4.69, 9.17) is 17.3 Å². The van der Waals surface area contributed by atoms with Crippen LogP contribution in [-0.4, -0.2) is 16.3 Å². The fraction of sp³-hybridized carbons (Fsp3) is 0.333. The molecule has 0 aliphatic rings. The van der Waals surface area contributed by atoms with E-state index in [9.17, 15) is 10.2 Å². The van der Waals surface area contributed by atoms with Crippen LogP contribution >= 0.6 is 27.5 Å². The second-order valence-corrected chi connectivity index (χ2v) is 4.39. The van der Waals surface area contributed by atoms with Crippen molar-refractivity contribution >= 4 is 27.5 Å². The van der Waals surface area contributed by atoms with E-state index in [1.54, 1.807) is 6.92 Å². The topological polar surface area (TPSA) is 66.5 Å². The van der Waals surface area contributed by atoms with Gasteiger partial charge in [-0.2, -0.15) is 0 Å². The summed E-state index contributed by atoms with van der Waals surface area (Å²) in [7, 11) is 0. The van der Waals surface area contributed by atoms with E-state index in [0.717, 1.165) is 0 Å². The Balaban J connectivity index is 3.15. The molecule has 4 N–H and O–H groups in total. The lowest BCUT2D eigenvalue weighted by molar-refractivity contribution is 0.150. The number of aromatic hydroxyl groups is 1. The van der Waals surface area contributed by atoms with E-state index in [2.05, 4.69) is 15.9 Å². The molecule has 0 saturated carbocycles. The van der Waals surface area contributed by atoms with Gasteiger partial charge in [-0.15, -0.1) is 0 Å². The Morgan fingerprint density at radius 1 is 1.50 bits per heavy atom. The van der Waals surface area contributed by atoms with Crippen LogP contribution in [0, 0.1) is 0 Å². The Kier molecular flexibility index (Phi) is 3.78. The summed E-state index contributed by atoms with van der Waals surface area (Å²) in [4.78, 5) is 0. The van der Waals surface area contributed by atoms with Crippen molar-refractivity contribution in [1.82, 2.24) is 0 Å². The third kappa shape index (κ3) is 2.39. The molecule has 1 aromatic carbocycles. The van der Waals surface area contributed by atoms with Crippen molar-refractivity contribution < 1.29 is 10.2 Å². The molecule has 0 amide bonds. The normalized spacial score (nSPS) is 15.2. The van der Waals surface area contributed by atoms with Crippen molar-refractivity contribution in [3.05, 3.63) is 27.2 Å². The third-order valence-corrected chi connectivity index (χ3v) is 3.08. The number of aliphatic hydroxyl groups excluding tert-OH is 1. The standard InChI is InChI=1S/C9H11BrClNO2/c1-4(12)9(14)5-2-7(11)6(10)3-8(5)13/h2-4,9,13-14H,12H2,1H3. The van der Waals surface area contributed by atoms with Gasteiger partial charge in [-0.05, 0) is 35.0 Å². The minimum absolute atomic E-state index is 0.0222. The van der Waals surface area contributed by atoms with Gasteiger partial charge in [-0.25, -0.2) is 0 Å². The summed E-state index contributed by atoms with van der Waals surface area (Å²) in [5, 5.41) is 19.6.